The van der Waals surface area contributed by atoms with E-state index in [1.165, 1.54) is 18.2 Å². The summed E-state index contributed by atoms with van der Waals surface area (Å²) in [5.41, 5.74) is 0.512. The van der Waals surface area contributed by atoms with Crippen LogP contribution in [-0.4, -0.2) is 54.4 Å². The molecule has 1 heterocycles. The Bertz CT molecular complexity index is 862. The van der Waals surface area contributed by atoms with Crippen molar-refractivity contribution in [2.24, 2.45) is 4.99 Å². The summed E-state index contributed by atoms with van der Waals surface area (Å²) in [6, 6.07) is 4.24. The molecule has 1 unspecified atom stereocenters. The van der Waals surface area contributed by atoms with Crippen molar-refractivity contribution in [3.05, 3.63) is 58.7 Å². The van der Waals surface area contributed by atoms with E-state index in [-0.39, 0.29) is 19.8 Å². The lowest BCUT2D eigenvalue weighted by atomic mass is 10.1. The predicted octanol–water partition coefficient (Wildman–Crippen LogP) is 1.46. The number of aliphatic imine (C=N–C) groups is 1. The van der Waals surface area contributed by atoms with Crippen molar-refractivity contribution in [1.29, 1.82) is 0 Å². The van der Waals surface area contributed by atoms with Crippen LogP contribution in [0.15, 0.2) is 58.5 Å². The number of sulfonamides is 1. The largest absolute Gasteiger partial charge is 0.390 e. The lowest BCUT2D eigenvalue weighted by molar-refractivity contribution is -0.387. The van der Waals surface area contributed by atoms with Gasteiger partial charge in [0.1, 0.15) is 0 Å². The van der Waals surface area contributed by atoms with Gasteiger partial charge in [-0.15, -0.1) is 6.58 Å². The van der Waals surface area contributed by atoms with Crippen molar-refractivity contribution >= 4 is 21.4 Å². The summed E-state index contributed by atoms with van der Waals surface area (Å²) in [4.78, 5) is 19.5. The lowest BCUT2D eigenvalue weighted by Gasteiger charge is -2.29. The fraction of sp³-hybridized carbons (Fsp3) is 0.312. The van der Waals surface area contributed by atoms with Crippen LogP contribution in [-0.2, 0) is 14.9 Å². The maximum absolute atomic E-state index is 13.1. The van der Waals surface area contributed by atoms with Crippen molar-refractivity contribution in [3.8, 4) is 0 Å². The molecule has 26 heavy (non-hydrogen) atoms. The van der Waals surface area contributed by atoms with Crippen molar-refractivity contribution < 1.29 is 23.3 Å². The first-order valence-electron chi connectivity index (χ1n) is 7.67. The predicted molar refractivity (Wildman–Crippen MR) is 95.2 cm³/mol. The summed E-state index contributed by atoms with van der Waals surface area (Å²) < 4.78 is 26.8. The summed E-state index contributed by atoms with van der Waals surface area (Å²) in [7, 11) is -4.35. The molecule has 0 aromatic heterocycles. The Balaban J connectivity index is 2.49. The average molecular weight is 381 g/mol. The van der Waals surface area contributed by atoms with E-state index in [0.717, 1.165) is 12.1 Å². The van der Waals surface area contributed by atoms with E-state index >= 15 is 0 Å². The van der Waals surface area contributed by atoms with Crippen LogP contribution in [0.1, 0.15) is 6.92 Å². The quantitative estimate of drug-likeness (QED) is 0.413. The third kappa shape index (κ3) is 4.05. The third-order valence-corrected chi connectivity index (χ3v) is 5.43. The second-order valence-corrected chi connectivity index (χ2v) is 7.18. The number of dihydropyridines is 1. The van der Waals surface area contributed by atoms with Crippen LogP contribution in [0.2, 0.25) is 0 Å². The molecule has 0 amide bonds. The van der Waals surface area contributed by atoms with Crippen LogP contribution in [0.4, 0.5) is 5.69 Å². The highest BCUT2D eigenvalue weighted by molar-refractivity contribution is 7.89. The van der Waals surface area contributed by atoms with Crippen LogP contribution < -0.4 is 0 Å². The number of aliphatic hydroxyl groups is 1. The molecular weight excluding hydrogens is 362 g/mol. The summed E-state index contributed by atoms with van der Waals surface area (Å²) in [6.07, 6.45) is 2.96. The number of aliphatic hydroxyl groups excluding tert-OH is 1. The maximum atomic E-state index is 13.1. The molecule has 0 radical (unpaired) electrons. The summed E-state index contributed by atoms with van der Waals surface area (Å²) in [5, 5.41) is 20.5. The zero-order chi connectivity index (χ0) is 19.3. The molecular formula is C16H19N3O6S. The van der Waals surface area contributed by atoms with Gasteiger partial charge in [0.05, 0.1) is 36.4 Å². The van der Waals surface area contributed by atoms with E-state index < -0.39 is 31.6 Å². The Kier molecular flexibility index (Phi) is 6.37. The number of benzene rings is 1. The summed E-state index contributed by atoms with van der Waals surface area (Å²) in [6.45, 7) is 4.82. The Labute approximate surface area is 151 Å². The second-order valence-electron chi connectivity index (χ2n) is 5.43. The van der Waals surface area contributed by atoms with Crippen LogP contribution in [0, 0.1) is 10.1 Å². The molecule has 0 fully saturated rings. The van der Waals surface area contributed by atoms with E-state index in [1.54, 1.807) is 13.0 Å². The molecule has 0 saturated heterocycles. The van der Waals surface area contributed by atoms with E-state index in [9.17, 15) is 23.6 Å². The number of para-hydroxylation sites is 1. The Morgan fingerprint density at radius 1 is 1.50 bits per heavy atom. The number of rotatable bonds is 8. The molecule has 9 nitrogen and oxygen atoms in total. The SMILES string of the molecule is C=CCON(C1C=C(C)C(CO)=NC1)S(=O)(=O)c1ccccc1[N+](=O)[O-]. The molecule has 0 spiro atoms. The number of hydrogen-bond donors (Lipinski definition) is 1. The van der Waals surface area contributed by atoms with Gasteiger partial charge in [0.2, 0.25) is 0 Å². The summed E-state index contributed by atoms with van der Waals surface area (Å²) >= 11 is 0. The second kappa shape index (κ2) is 8.32. The smallest absolute Gasteiger partial charge is 0.289 e. The monoisotopic (exact) mass is 381 g/mol. The maximum Gasteiger partial charge on any atom is 0.289 e. The molecule has 1 aromatic carbocycles. The number of nitrogens with zero attached hydrogens (tertiary/aromatic N) is 3. The molecule has 1 aliphatic rings. The first-order chi connectivity index (χ1) is 12.3. The zero-order valence-electron chi connectivity index (χ0n) is 14.1. The molecule has 1 N–H and O–H groups in total. The highest BCUT2D eigenvalue weighted by Gasteiger charge is 2.37. The van der Waals surface area contributed by atoms with Crippen LogP contribution in [0.3, 0.4) is 0 Å². The van der Waals surface area contributed by atoms with Gasteiger partial charge in [-0.2, -0.15) is 0 Å². The highest BCUT2D eigenvalue weighted by atomic mass is 32.2. The lowest BCUT2D eigenvalue weighted by Crippen LogP contribution is -2.43. The molecule has 2 rings (SSSR count). The van der Waals surface area contributed by atoms with Gasteiger partial charge in [-0.1, -0.05) is 28.8 Å². The molecule has 1 atom stereocenters. The molecule has 0 saturated carbocycles. The number of nitro groups is 1. The van der Waals surface area contributed by atoms with Crippen molar-refractivity contribution in [1.82, 2.24) is 4.47 Å². The third-order valence-electron chi connectivity index (χ3n) is 3.68. The van der Waals surface area contributed by atoms with Crippen molar-refractivity contribution in [3.63, 3.8) is 0 Å². The van der Waals surface area contributed by atoms with Gasteiger partial charge < -0.3 is 5.11 Å². The van der Waals surface area contributed by atoms with Gasteiger partial charge in [-0.05, 0) is 18.6 Å². The fourth-order valence-electron chi connectivity index (χ4n) is 2.46. The van der Waals surface area contributed by atoms with Crippen molar-refractivity contribution in [2.45, 2.75) is 17.9 Å². The first kappa shape index (κ1) is 19.9. The van der Waals surface area contributed by atoms with Gasteiger partial charge >= 0.3 is 0 Å². The Morgan fingerprint density at radius 3 is 2.77 bits per heavy atom. The standard InChI is InChI=1S/C16H19N3O6S/c1-3-8-25-19(13-9-12(2)14(11-20)17-10-13)26(23,24)16-7-5-4-6-15(16)18(21)22/h3-7,9,13,20H,1,8,10-11H2,2H3. The molecule has 1 aromatic rings. The van der Waals surface area contributed by atoms with Crippen LogP contribution in [0.25, 0.3) is 0 Å². The summed E-state index contributed by atoms with van der Waals surface area (Å²) in [5.74, 6) is 0. The van der Waals surface area contributed by atoms with Gasteiger partial charge in [0.25, 0.3) is 15.7 Å². The van der Waals surface area contributed by atoms with E-state index in [4.69, 9.17) is 4.84 Å². The minimum absolute atomic E-state index is 0.0181. The van der Waals surface area contributed by atoms with E-state index in [1.807, 2.05) is 0 Å². The average Bonchev–Trinajstić information content (AvgIpc) is 2.62. The zero-order valence-corrected chi connectivity index (χ0v) is 14.9. The minimum Gasteiger partial charge on any atom is -0.390 e. The van der Waals surface area contributed by atoms with Gasteiger partial charge in [-0.25, -0.2) is 8.42 Å². The normalized spacial score (nSPS) is 17.6. The van der Waals surface area contributed by atoms with Gasteiger partial charge in [0, 0.05) is 6.07 Å². The topological polar surface area (TPSA) is 122 Å². The van der Waals surface area contributed by atoms with E-state index in [0.29, 0.717) is 15.8 Å². The molecule has 10 heteroatoms. The van der Waals surface area contributed by atoms with Crippen LogP contribution >= 0.6 is 0 Å². The minimum atomic E-state index is -4.35. The fourth-order valence-corrected chi connectivity index (χ4v) is 4.00. The van der Waals surface area contributed by atoms with Crippen molar-refractivity contribution in [2.75, 3.05) is 19.8 Å². The number of hydroxylamine groups is 1. The molecule has 0 bridgehead atoms. The first-order valence-corrected chi connectivity index (χ1v) is 9.11. The van der Waals surface area contributed by atoms with Crippen LogP contribution in [0.5, 0.6) is 0 Å². The van der Waals surface area contributed by atoms with E-state index in [2.05, 4.69) is 11.6 Å². The molecule has 0 aliphatic carbocycles. The van der Waals surface area contributed by atoms with Gasteiger partial charge in [-0.3, -0.25) is 19.9 Å². The number of nitro benzene ring substituents is 1. The Morgan fingerprint density at radius 2 is 2.19 bits per heavy atom. The molecule has 1 aliphatic heterocycles. The highest BCUT2D eigenvalue weighted by Crippen LogP contribution is 2.29. The van der Waals surface area contributed by atoms with Gasteiger partial charge in [0.15, 0.2) is 4.90 Å². The molecule has 140 valence electrons. The Hall–Kier alpha value is -2.40. The number of hydrogen-bond acceptors (Lipinski definition) is 7.